The quantitative estimate of drug-likeness (QED) is 0.597. The summed E-state index contributed by atoms with van der Waals surface area (Å²) >= 11 is 0. The van der Waals surface area contributed by atoms with E-state index in [4.69, 9.17) is 4.74 Å². The fourth-order valence-corrected chi connectivity index (χ4v) is 4.85. The van der Waals surface area contributed by atoms with Gasteiger partial charge < -0.3 is 10.1 Å². The first-order valence-corrected chi connectivity index (χ1v) is 11.8. The molecule has 0 spiro atoms. The van der Waals surface area contributed by atoms with Gasteiger partial charge in [0.2, 0.25) is 0 Å². The predicted molar refractivity (Wildman–Crippen MR) is 128 cm³/mol. The minimum absolute atomic E-state index is 0.0769. The number of urea groups is 1. The molecule has 1 heterocycles. The van der Waals surface area contributed by atoms with Gasteiger partial charge in [0.25, 0.3) is 0 Å². The van der Waals surface area contributed by atoms with E-state index in [1.165, 1.54) is 43.2 Å². The predicted octanol–water partition coefficient (Wildman–Crippen LogP) is 6.74. The second kappa shape index (κ2) is 8.94. The third-order valence-electron chi connectivity index (χ3n) is 6.69. The van der Waals surface area contributed by atoms with Gasteiger partial charge in [-0.3, -0.25) is 4.90 Å². The van der Waals surface area contributed by atoms with Crippen LogP contribution in [-0.2, 0) is 0 Å². The zero-order chi connectivity index (χ0) is 22.0. The standard InChI is InChI=1S/C27H36N2O2/c1-5-19-6-8-20(9-7-19)21-10-12-22(13-11-21)23-14-15-24-25(18-23)31-17-16-29(24)26(30)28-27(2,3)4/h10-15,18-20H,5-9,16-17H2,1-4H3,(H,28,30). The topological polar surface area (TPSA) is 41.6 Å². The molecule has 166 valence electrons. The fraction of sp³-hybridized carbons (Fsp3) is 0.519. The van der Waals surface area contributed by atoms with Crippen LogP contribution in [0.2, 0.25) is 0 Å². The zero-order valence-corrected chi connectivity index (χ0v) is 19.4. The third-order valence-corrected chi connectivity index (χ3v) is 6.69. The maximum atomic E-state index is 12.7. The zero-order valence-electron chi connectivity index (χ0n) is 19.4. The number of carbonyl (C=O) groups excluding carboxylic acids is 1. The maximum Gasteiger partial charge on any atom is 0.322 e. The molecule has 1 aliphatic carbocycles. The molecule has 2 amide bonds. The van der Waals surface area contributed by atoms with Gasteiger partial charge in [-0.2, -0.15) is 0 Å². The minimum Gasteiger partial charge on any atom is -0.490 e. The number of hydrogen-bond donors (Lipinski definition) is 1. The molecule has 4 rings (SSSR count). The minimum atomic E-state index is -0.271. The van der Waals surface area contributed by atoms with Crippen molar-refractivity contribution in [3.8, 4) is 16.9 Å². The average Bonchev–Trinajstić information content (AvgIpc) is 2.77. The lowest BCUT2D eigenvalue weighted by molar-refractivity contribution is 0.231. The van der Waals surface area contributed by atoms with Crippen molar-refractivity contribution in [3.63, 3.8) is 0 Å². The first-order chi connectivity index (χ1) is 14.8. The summed E-state index contributed by atoms with van der Waals surface area (Å²) in [5, 5.41) is 3.05. The summed E-state index contributed by atoms with van der Waals surface area (Å²) in [4.78, 5) is 14.5. The van der Waals surface area contributed by atoms with Crippen LogP contribution in [-0.4, -0.2) is 24.7 Å². The number of anilines is 1. The van der Waals surface area contributed by atoms with Crippen LogP contribution in [0.5, 0.6) is 5.75 Å². The van der Waals surface area contributed by atoms with Gasteiger partial charge >= 0.3 is 6.03 Å². The normalized spacial score (nSPS) is 21.2. The second-order valence-corrected chi connectivity index (χ2v) is 10.1. The van der Waals surface area contributed by atoms with Crippen molar-refractivity contribution >= 4 is 11.7 Å². The number of benzene rings is 2. The van der Waals surface area contributed by atoms with Crippen LogP contribution in [0.1, 0.15) is 71.3 Å². The molecule has 31 heavy (non-hydrogen) atoms. The van der Waals surface area contributed by atoms with Gasteiger partial charge in [-0.05, 0) is 87.1 Å². The van der Waals surface area contributed by atoms with Crippen LogP contribution in [0, 0.1) is 5.92 Å². The molecule has 0 unspecified atom stereocenters. The van der Waals surface area contributed by atoms with Crippen molar-refractivity contribution in [1.82, 2.24) is 5.32 Å². The number of ether oxygens (including phenoxy) is 1. The lowest BCUT2D eigenvalue weighted by atomic mass is 9.77. The first-order valence-electron chi connectivity index (χ1n) is 11.8. The summed E-state index contributed by atoms with van der Waals surface area (Å²) in [6.45, 7) is 9.37. The Morgan fingerprint density at radius 2 is 1.71 bits per heavy atom. The van der Waals surface area contributed by atoms with Crippen molar-refractivity contribution < 1.29 is 9.53 Å². The fourth-order valence-electron chi connectivity index (χ4n) is 4.85. The molecule has 0 radical (unpaired) electrons. The highest BCUT2D eigenvalue weighted by Crippen LogP contribution is 2.39. The Bertz CT molecular complexity index is 906. The maximum absolute atomic E-state index is 12.7. The Morgan fingerprint density at radius 1 is 1.03 bits per heavy atom. The summed E-state index contributed by atoms with van der Waals surface area (Å²) in [5.41, 5.74) is 4.35. The third kappa shape index (κ3) is 5.06. The molecule has 1 N–H and O–H groups in total. The number of hydrogen-bond acceptors (Lipinski definition) is 2. The van der Waals surface area contributed by atoms with E-state index in [0.717, 1.165) is 22.9 Å². The molecule has 1 fully saturated rings. The summed E-state index contributed by atoms with van der Waals surface area (Å²) in [7, 11) is 0. The van der Waals surface area contributed by atoms with Gasteiger partial charge in [0, 0.05) is 5.54 Å². The Kier molecular flexibility index (Phi) is 6.27. The molecular weight excluding hydrogens is 384 g/mol. The first kappa shape index (κ1) is 21.7. The van der Waals surface area contributed by atoms with E-state index in [9.17, 15) is 4.79 Å². The van der Waals surface area contributed by atoms with Gasteiger partial charge in [0.05, 0.1) is 12.2 Å². The van der Waals surface area contributed by atoms with Crippen LogP contribution in [0.15, 0.2) is 42.5 Å². The number of amides is 2. The van der Waals surface area contributed by atoms with Crippen molar-refractivity contribution in [2.45, 2.75) is 71.3 Å². The van der Waals surface area contributed by atoms with E-state index in [2.05, 4.69) is 48.6 Å². The van der Waals surface area contributed by atoms with Crippen LogP contribution in [0.4, 0.5) is 10.5 Å². The van der Waals surface area contributed by atoms with E-state index in [-0.39, 0.29) is 11.6 Å². The van der Waals surface area contributed by atoms with Gasteiger partial charge in [0.1, 0.15) is 12.4 Å². The average molecular weight is 421 g/mol. The van der Waals surface area contributed by atoms with Crippen LogP contribution >= 0.6 is 0 Å². The van der Waals surface area contributed by atoms with Crippen molar-refractivity contribution in [2.75, 3.05) is 18.1 Å². The van der Waals surface area contributed by atoms with Crippen LogP contribution in [0.3, 0.4) is 0 Å². The van der Waals surface area contributed by atoms with E-state index in [1.54, 1.807) is 4.90 Å². The monoisotopic (exact) mass is 420 g/mol. The Hall–Kier alpha value is -2.49. The summed E-state index contributed by atoms with van der Waals surface area (Å²) < 4.78 is 5.91. The molecule has 2 aromatic carbocycles. The molecule has 4 heteroatoms. The molecule has 1 saturated carbocycles. The van der Waals surface area contributed by atoms with E-state index in [1.807, 2.05) is 26.8 Å². The molecule has 4 nitrogen and oxygen atoms in total. The molecule has 2 aliphatic rings. The van der Waals surface area contributed by atoms with Gasteiger partial charge in [-0.15, -0.1) is 0 Å². The van der Waals surface area contributed by atoms with Crippen molar-refractivity contribution in [2.24, 2.45) is 5.92 Å². The highest BCUT2D eigenvalue weighted by Gasteiger charge is 2.27. The molecule has 1 aliphatic heterocycles. The summed E-state index contributed by atoms with van der Waals surface area (Å²) in [5.74, 6) is 2.41. The Morgan fingerprint density at radius 3 is 2.35 bits per heavy atom. The smallest absolute Gasteiger partial charge is 0.322 e. The molecule has 0 bridgehead atoms. The van der Waals surface area contributed by atoms with Crippen molar-refractivity contribution in [3.05, 3.63) is 48.0 Å². The Balaban J connectivity index is 1.49. The number of rotatable bonds is 3. The Labute approximate surface area is 187 Å². The number of nitrogens with zero attached hydrogens (tertiary/aromatic N) is 1. The summed E-state index contributed by atoms with van der Waals surface area (Å²) in [6.07, 6.45) is 6.68. The van der Waals surface area contributed by atoms with Crippen molar-refractivity contribution in [1.29, 1.82) is 0 Å². The molecule has 0 saturated heterocycles. The van der Waals surface area contributed by atoms with E-state index < -0.39 is 0 Å². The molecule has 0 atom stereocenters. The number of nitrogens with one attached hydrogen (secondary N) is 1. The summed E-state index contributed by atoms with van der Waals surface area (Å²) in [6, 6.07) is 15.1. The van der Waals surface area contributed by atoms with Crippen LogP contribution in [0.25, 0.3) is 11.1 Å². The number of carbonyl (C=O) groups is 1. The second-order valence-electron chi connectivity index (χ2n) is 10.1. The van der Waals surface area contributed by atoms with Gasteiger partial charge in [-0.1, -0.05) is 43.7 Å². The highest BCUT2D eigenvalue weighted by molar-refractivity contribution is 5.95. The van der Waals surface area contributed by atoms with Gasteiger partial charge in [0.15, 0.2) is 0 Å². The molecule has 0 aromatic heterocycles. The largest absolute Gasteiger partial charge is 0.490 e. The lowest BCUT2D eigenvalue weighted by Gasteiger charge is -2.32. The SMILES string of the molecule is CCC1CCC(c2ccc(-c3ccc4c(c3)OCCN4C(=O)NC(C)(C)C)cc2)CC1. The highest BCUT2D eigenvalue weighted by atomic mass is 16.5. The number of fused-ring (bicyclic) bond motifs is 1. The van der Waals surface area contributed by atoms with Gasteiger partial charge in [-0.25, -0.2) is 4.79 Å². The van der Waals surface area contributed by atoms with E-state index in [0.29, 0.717) is 19.1 Å². The molecule has 2 aromatic rings. The van der Waals surface area contributed by atoms with E-state index >= 15 is 0 Å². The van der Waals surface area contributed by atoms with Crippen LogP contribution < -0.4 is 15.0 Å². The lowest BCUT2D eigenvalue weighted by Crippen LogP contribution is -2.50. The molecular formula is C27H36N2O2.